The number of rotatable bonds is 3. The van der Waals surface area contributed by atoms with Gasteiger partial charge in [-0.05, 0) is 38.8 Å². The van der Waals surface area contributed by atoms with Crippen molar-refractivity contribution in [2.45, 2.75) is 27.7 Å². The highest BCUT2D eigenvalue weighted by molar-refractivity contribution is 6.89. The van der Waals surface area contributed by atoms with Crippen LogP contribution in [-0.4, -0.2) is 14.3 Å². The smallest absolute Gasteiger partial charge is 0.130 e. The van der Waals surface area contributed by atoms with Crippen molar-refractivity contribution in [2.75, 3.05) is 5.50 Å². The second kappa shape index (κ2) is 5.94. The van der Waals surface area contributed by atoms with E-state index in [9.17, 15) is 0 Å². The highest BCUT2D eigenvalue weighted by Gasteiger charge is 2.18. The Morgan fingerprint density at radius 3 is 2.16 bits per heavy atom. The lowest BCUT2D eigenvalue weighted by molar-refractivity contribution is 1.36. The number of halogens is 1. The summed E-state index contributed by atoms with van der Waals surface area (Å²) >= 11 is 6.31. The maximum atomic E-state index is 6.31. The molecule has 0 saturated heterocycles. The third-order valence-corrected chi connectivity index (χ3v) is 6.88. The predicted octanol–water partition coefficient (Wildman–Crippen LogP) is 3.31. The minimum absolute atomic E-state index is 0.720. The van der Waals surface area contributed by atoms with Crippen molar-refractivity contribution in [2.24, 2.45) is 0 Å². The van der Waals surface area contributed by atoms with Gasteiger partial charge in [0, 0.05) is 5.50 Å². The Bertz CT molecular complexity index is 570. The summed E-state index contributed by atoms with van der Waals surface area (Å²) in [6, 6.07) is 13.4. The fourth-order valence-corrected chi connectivity index (χ4v) is 5.79. The van der Waals surface area contributed by atoms with Crippen molar-refractivity contribution in [3.8, 4) is 0 Å². The van der Waals surface area contributed by atoms with Crippen LogP contribution in [0.5, 0.6) is 0 Å². The van der Waals surface area contributed by atoms with Gasteiger partial charge in [0.2, 0.25) is 0 Å². The van der Waals surface area contributed by atoms with Gasteiger partial charge in [0.1, 0.15) is 8.80 Å². The van der Waals surface area contributed by atoms with Gasteiger partial charge >= 0.3 is 0 Å². The summed E-state index contributed by atoms with van der Waals surface area (Å²) in [5.74, 6) is 0. The van der Waals surface area contributed by atoms with Gasteiger partial charge in [0.05, 0.1) is 0 Å². The highest BCUT2D eigenvalue weighted by atomic mass is 35.5. The number of alkyl halides is 1. The van der Waals surface area contributed by atoms with E-state index < -0.39 is 8.80 Å². The first-order valence-corrected chi connectivity index (χ1v) is 8.84. The second-order valence-electron chi connectivity index (χ2n) is 5.24. The molecule has 0 spiro atoms. The first-order chi connectivity index (χ1) is 9.02. The van der Waals surface area contributed by atoms with Crippen LogP contribution < -0.4 is 10.4 Å². The normalized spacial score (nSPS) is 11.1. The number of hydrogen-bond acceptors (Lipinski definition) is 0. The molecule has 0 heterocycles. The van der Waals surface area contributed by atoms with Crippen molar-refractivity contribution in [3.63, 3.8) is 0 Å². The van der Waals surface area contributed by atoms with Crippen LogP contribution >= 0.6 is 11.6 Å². The van der Waals surface area contributed by atoms with Gasteiger partial charge in [0.15, 0.2) is 0 Å². The van der Waals surface area contributed by atoms with E-state index in [0.29, 0.717) is 0 Å². The Labute approximate surface area is 123 Å². The lowest BCUT2D eigenvalue weighted by Crippen LogP contribution is -2.46. The Morgan fingerprint density at radius 1 is 0.947 bits per heavy atom. The van der Waals surface area contributed by atoms with Gasteiger partial charge in [-0.15, -0.1) is 11.6 Å². The van der Waals surface area contributed by atoms with Crippen LogP contribution in [0.3, 0.4) is 0 Å². The topological polar surface area (TPSA) is 0 Å². The Morgan fingerprint density at radius 2 is 1.58 bits per heavy atom. The molecule has 0 aliphatic heterocycles. The third kappa shape index (κ3) is 3.10. The van der Waals surface area contributed by atoms with Crippen molar-refractivity contribution in [1.82, 2.24) is 0 Å². The zero-order chi connectivity index (χ0) is 14.0. The minimum Gasteiger partial charge on any atom is -0.130 e. The lowest BCUT2D eigenvalue weighted by Gasteiger charge is -2.18. The standard InChI is InChI=1S/C17H20ClSi/c1-12-8-13(2)10-16(9-12)19(11-18)17-7-5-6-14(3)15(17)4/h5-10H,11H2,1-4H3. The number of aryl methyl sites for hydroxylation is 3. The zero-order valence-electron chi connectivity index (χ0n) is 12.0. The SMILES string of the molecule is Cc1cc(C)cc([Si](CCl)c2cccc(C)c2C)c1. The molecule has 0 atom stereocenters. The number of benzene rings is 2. The molecule has 0 bridgehead atoms. The van der Waals surface area contributed by atoms with E-state index >= 15 is 0 Å². The van der Waals surface area contributed by atoms with Crippen LogP contribution in [0.1, 0.15) is 22.3 Å². The molecule has 0 aromatic heterocycles. The molecule has 99 valence electrons. The van der Waals surface area contributed by atoms with Crippen LogP contribution in [-0.2, 0) is 0 Å². The van der Waals surface area contributed by atoms with E-state index in [1.165, 1.54) is 32.6 Å². The molecule has 2 rings (SSSR count). The molecule has 0 unspecified atom stereocenters. The van der Waals surface area contributed by atoms with Gasteiger partial charge in [-0.1, -0.05) is 57.9 Å². The Hall–Kier alpha value is -1.05. The first-order valence-electron chi connectivity index (χ1n) is 6.60. The molecule has 0 amide bonds. The van der Waals surface area contributed by atoms with Gasteiger partial charge in [0.25, 0.3) is 0 Å². The molecule has 2 aromatic carbocycles. The van der Waals surface area contributed by atoms with E-state index in [0.717, 1.165) is 5.50 Å². The van der Waals surface area contributed by atoms with Crippen molar-refractivity contribution >= 4 is 30.8 Å². The molecule has 0 fully saturated rings. The van der Waals surface area contributed by atoms with E-state index in [-0.39, 0.29) is 0 Å². The summed E-state index contributed by atoms with van der Waals surface area (Å²) in [5.41, 5.74) is 6.13. The molecule has 0 N–H and O–H groups in total. The average Bonchev–Trinajstić information content (AvgIpc) is 2.34. The summed E-state index contributed by atoms with van der Waals surface area (Å²) in [4.78, 5) is 0. The van der Waals surface area contributed by atoms with Crippen molar-refractivity contribution in [1.29, 1.82) is 0 Å². The molecule has 0 aliphatic carbocycles. The van der Waals surface area contributed by atoms with Gasteiger partial charge in [-0.25, -0.2) is 0 Å². The van der Waals surface area contributed by atoms with Crippen LogP contribution in [0.15, 0.2) is 36.4 Å². The van der Waals surface area contributed by atoms with Crippen molar-refractivity contribution < 1.29 is 0 Å². The number of hydrogen-bond donors (Lipinski definition) is 0. The molecule has 1 radical (unpaired) electrons. The van der Waals surface area contributed by atoms with Gasteiger partial charge < -0.3 is 0 Å². The molecule has 0 saturated carbocycles. The molecule has 19 heavy (non-hydrogen) atoms. The fraction of sp³-hybridized carbons (Fsp3) is 0.294. The van der Waals surface area contributed by atoms with Gasteiger partial charge in [-0.2, -0.15) is 0 Å². The van der Waals surface area contributed by atoms with E-state index in [1.807, 2.05) is 0 Å². The van der Waals surface area contributed by atoms with E-state index in [2.05, 4.69) is 64.1 Å². The summed E-state index contributed by atoms with van der Waals surface area (Å²) in [6.07, 6.45) is 0. The molecule has 0 aliphatic rings. The molecule has 2 heteroatoms. The molecule has 0 nitrogen and oxygen atoms in total. The fourth-order valence-electron chi connectivity index (χ4n) is 2.53. The van der Waals surface area contributed by atoms with Crippen LogP contribution in [0.2, 0.25) is 0 Å². The predicted molar refractivity (Wildman–Crippen MR) is 87.6 cm³/mol. The van der Waals surface area contributed by atoms with Gasteiger partial charge in [-0.3, -0.25) is 0 Å². The Kier molecular flexibility index (Phi) is 4.49. The van der Waals surface area contributed by atoms with Crippen LogP contribution in [0, 0.1) is 27.7 Å². The molecule has 2 aromatic rings. The second-order valence-corrected chi connectivity index (χ2v) is 8.38. The lowest BCUT2D eigenvalue weighted by atomic mass is 10.1. The average molecular weight is 288 g/mol. The summed E-state index contributed by atoms with van der Waals surface area (Å²) in [6.45, 7) is 8.71. The quantitative estimate of drug-likeness (QED) is 0.600. The maximum Gasteiger partial charge on any atom is 0.136 e. The monoisotopic (exact) mass is 287 g/mol. The van der Waals surface area contributed by atoms with E-state index in [1.54, 1.807) is 0 Å². The first kappa shape index (κ1) is 14.4. The van der Waals surface area contributed by atoms with E-state index in [4.69, 9.17) is 11.6 Å². The molecular weight excluding hydrogens is 268 g/mol. The Balaban J connectivity index is 2.53. The zero-order valence-corrected chi connectivity index (χ0v) is 13.8. The van der Waals surface area contributed by atoms with Crippen molar-refractivity contribution in [3.05, 3.63) is 58.7 Å². The molecular formula is C17H20ClSi. The highest BCUT2D eigenvalue weighted by Crippen LogP contribution is 2.07. The minimum atomic E-state index is -0.870. The summed E-state index contributed by atoms with van der Waals surface area (Å²) in [5, 5.41) is 2.87. The summed E-state index contributed by atoms with van der Waals surface area (Å²) < 4.78 is 0. The third-order valence-electron chi connectivity index (χ3n) is 3.63. The van der Waals surface area contributed by atoms with Crippen LogP contribution in [0.25, 0.3) is 0 Å². The summed E-state index contributed by atoms with van der Waals surface area (Å²) in [7, 11) is -0.870. The van der Waals surface area contributed by atoms with Crippen LogP contribution in [0.4, 0.5) is 0 Å². The maximum absolute atomic E-state index is 6.31. The largest absolute Gasteiger partial charge is 0.136 e.